The van der Waals surface area contributed by atoms with Gasteiger partial charge >= 0.3 is 0 Å². The lowest BCUT2D eigenvalue weighted by atomic mass is 10.3. The Labute approximate surface area is 54.6 Å². The van der Waals surface area contributed by atoms with Gasteiger partial charge < -0.3 is 14.6 Å². The summed E-state index contributed by atoms with van der Waals surface area (Å²) in [6.07, 6.45) is 0.0998. The zero-order chi connectivity index (χ0) is 7.49. The third kappa shape index (κ3) is 5.46. The van der Waals surface area contributed by atoms with Crippen molar-refractivity contribution < 1.29 is 14.6 Å². The van der Waals surface area contributed by atoms with E-state index in [-0.39, 0.29) is 0 Å². The second kappa shape index (κ2) is 2.94. The molecule has 0 aliphatic heterocycles. The van der Waals surface area contributed by atoms with Gasteiger partial charge in [-0.3, -0.25) is 0 Å². The number of hydrogen-bond acceptors (Lipinski definition) is 3. The maximum atomic E-state index is 9.95. The molecule has 9 heavy (non-hydrogen) atoms. The summed E-state index contributed by atoms with van der Waals surface area (Å²) >= 11 is 0. The molecule has 3 heteroatoms. The molecule has 1 unspecified atom stereocenters. The van der Waals surface area contributed by atoms with Crippen LogP contribution in [0.3, 0.4) is 0 Å². The molecule has 0 aromatic carbocycles. The number of aldehydes is 1. The Bertz CT molecular complexity index is 93.0. The van der Waals surface area contributed by atoms with Gasteiger partial charge in [0.05, 0.1) is 0 Å². The van der Waals surface area contributed by atoms with Crippen molar-refractivity contribution >= 4 is 6.29 Å². The van der Waals surface area contributed by atoms with Crippen molar-refractivity contribution in [2.45, 2.75) is 32.7 Å². The zero-order valence-electron chi connectivity index (χ0n) is 5.92. The largest absolute Gasteiger partial charge is 0.366 e. The van der Waals surface area contributed by atoms with E-state index in [0.717, 1.165) is 0 Å². The lowest BCUT2D eigenvalue weighted by molar-refractivity contribution is -0.197. The number of carbonyl (C=O) groups is 1. The van der Waals surface area contributed by atoms with Gasteiger partial charge in [-0.25, -0.2) is 0 Å². The van der Waals surface area contributed by atoms with Gasteiger partial charge in [-0.15, -0.1) is 0 Å². The van der Waals surface area contributed by atoms with Crippen molar-refractivity contribution in [1.82, 2.24) is 0 Å². The summed E-state index contributed by atoms with van der Waals surface area (Å²) in [5, 5.41) is 8.94. The quantitative estimate of drug-likeness (QED) is 0.444. The standard InChI is InChI=1S/C6H12O3/c1-5(4-7)9-6(2,3)8/h4-5,8H,1-3H3. The second-order valence-corrected chi connectivity index (χ2v) is 2.41. The molecule has 0 fully saturated rings. The summed E-state index contributed by atoms with van der Waals surface area (Å²) in [6, 6.07) is 0. The van der Waals surface area contributed by atoms with Crippen molar-refractivity contribution in [3.05, 3.63) is 0 Å². The molecule has 0 saturated heterocycles. The molecule has 3 nitrogen and oxygen atoms in total. The first kappa shape index (κ1) is 8.59. The van der Waals surface area contributed by atoms with Gasteiger partial charge in [0.25, 0.3) is 0 Å². The average Bonchev–Trinajstić information content (AvgIpc) is 1.62. The van der Waals surface area contributed by atoms with Crippen LogP contribution in [0.4, 0.5) is 0 Å². The topological polar surface area (TPSA) is 46.5 Å². The Morgan fingerprint density at radius 2 is 2.11 bits per heavy atom. The summed E-state index contributed by atoms with van der Waals surface area (Å²) in [5.74, 6) is -1.21. The van der Waals surface area contributed by atoms with Crippen LogP contribution in [0, 0.1) is 0 Å². The van der Waals surface area contributed by atoms with Gasteiger partial charge in [0.15, 0.2) is 5.79 Å². The van der Waals surface area contributed by atoms with Gasteiger partial charge in [-0.2, -0.15) is 0 Å². The van der Waals surface area contributed by atoms with E-state index in [1.807, 2.05) is 0 Å². The molecule has 0 aliphatic carbocycles. The Hall–Kier alpha value is -0.410. The average molecular weight is 132 g/mol. The smallest absolute Gasteiger partial charge is 0.160 e. The molecule has 0 bridgehead atoms. The summed E-state index contributed by atoms with van der Waals surface area (Å²) in [4.78, 5) is 9.95. The minimum Gasteiger partial charge on any atom is -0.366 e. The van der Waals surface area contributed by atoms with Gasteiger partial charge in [0.1, 0.15) is 12.4 Å². The van der Waals surface area contributed by atoms with Crippen LogP contribution in [0.2, 0.25) is 0 Å². The number of ether oxygens (including phenoxy) is 1. The molecule has 0 heterocycles. The third-order valence-electron chi connectivity index (χ3n) is 0.666. The molecule has 0 spiro atoms. The highest BCUT2D eigenvalue weighted by Crippen LogP contribution is 2.05. The van der Waals surface area contributed by atoms with Crippen LogP contribution in [-0.2, 0) is 9.53 Å². The molecule has 0 radical (unpaired) electrons. The maximum Gasteiger partial charge on any atom is 0.160 e. The summed E-state index contributed by atoms with van der Waals surface area (Å²) in [7, 11) is 0. The predicted octanol–water partition coefficient (Wildman–Crippen LogP) is 0.319. The van der Waals surface area contributed by atoms with Crippen LogP contribution in [-0.4, -0.2) is 23.3 Å². The molecule has 1 atom stereocenters. The van der Waals surface area contributed by atoms with Crippen LogP contribution in [0.25, 0.3) is 0 Å². The summed E-state index contributed by atoms with van der Waals surface area (Å²) < 4.78 is 4.77. The van der Waals surface area contributed by atoms with Crippen LogP contribution >= 0.6 is 0 Å². The van der Waals surface area contributed by atoms with Gasteiger partial charge in [-0.1, -0.05) is 0 Å². The molecule has 1 N–H and O–H groups in total. The Balaban J connectivity index is 3.59. The Kier molecular flexibility index (Phi) is 2.81. The third-order valence-corrected chi connectivity index (χ3v) is 0.666. The minimum atomic E-state index is -1.21. The number of rotatable bonds is 3. The van der Waals surface area contributed by atoms with Crippen LogP contribution in [0.5, 0.6) is 0 Å². The van der Waals surface area contributed by atoms with Gasteiger partial charge in [-0.05, 0) is 20.8 Å². The summed E-state index contributed by atoms with van der Waals surface area (Å²) in [6.45, 7) is 4.53. The number of carbonyl (C=O) groups excluding carboxylic acids is 1. The minimum absolute atomic E-state index is 0.537. The molecule has 0 aliphatic rings. The molecule has 0 aromatic rings. The Morgan fingerprint density at radius 3 is 2.22 bits per heavy atom. The predicted molar refractivity (Wildman–Crippen MR) is 32.9 cm³/mol. The zero-order valence-corrected chi connectivity index (χ0v) is 5.92. The maximum absolute atomic E-state index is 9.95. The van der Waals surface area contributed by atoms with E-state index < -0.39 is 11.9 Å². The van der Waals surface area contributed by atoms with E-state index in [2.05, 4.69) is 0 Å². The first-order valence-corrected chi connectivity index (χ1v) is 2.81. The van der Waals surface area contributed by atoms with Gasteiger partial charge in [0, 0.05) is 0 Å². The first-order valence-electron chi connectivity index (χ1n) is 2.81. The second-order valence-electron chi connectivity index (χ2n) is 2.41. The first-order chi connectivity index (χ1) is 3.95. The lowest BCUT2D eigenvalue weighted by Crippen LogP contribution is -2.29. The van der Waals surface area contributed by atoms with Crippen molar-refractivity contribution in [2.75, 3.05) is 0 Å². The normalized spacial score (nSPS) is 15.1. The molecular weight excluding hydrogens is 120 g/mol. The number of aliphatic hydroxyl groups is 1. The van der Waals surface area contributed by atoms with Crippen LogP contribution in [0.1, 0.15) is 20.8 Å². The van der Waals surface area contributed by atoms with Crippen molar-refractivity contribution in [3.8, 4) is 0 Å². The molecule has 0 rings (SSSR count). The van der Waals surface area contributed by atoms with Crippen molar-refractivity contribution in [2.24, 2.45) is 0 Å². The highest BCUT2D eigenvalue weighted by Gasteiger charge is 2.15. The summed E-state index contributed by atoms with van der Waals surface area (Å²) in [5.41, 5.74) is 0. The van der Waals surface area contributed by atoms with Crippen LogP contribution < -0.4 is 0 Å². The fourth-order valence-corrected chi connectivity index (χ4v) is 0.483. The highest BCUT2D eigenvalue weighted by atomic mass is 16.6. The molecule has 0 amide bonds. The lowest BCUT2D eigenvalue weighted by Gasteiger charge is -2.19. The van der Waals surface area contributed by atoms with E-state index >= 15 is 0 Å². The SMILES string of the molecule is CC(C=O)OC(C)(C)O. The van der Waals surface area contributed by atoms with E-state index in [1.165, 1.54) is 13.8 Å². The highest BCUT2D eigenvalue weighted by molar-refractivity contribution is 5.55. The molecule has 0 saturated carbocycles. The van der Waals surface area contributed by atoms with E-state index in [1.54, 1.807) is 6.92 Å². The van der Waals surface area contributed by atoms with E-state index in [9.17, 15) is 4.79 Å². The fraction of sp³-hybridized carbons (Fsp3) is 0.833. The number of hydrogen-bond donors (Lipinski definition) is 1. The van der Waals surface area contributed by atoms with Crippen molar-refractivity contribution in [1.29, 1.82) is 0 Å². The monoisotopic (exact) mass is 132 g/mol. The Morgan fingerprint density at radius 1 is 1.67 bits per heavy atom. The van der Waals surface area contributed by atoms with Crippen molar-refractivity contribution in [3.63, 3.8) is 0 Å². The van der Waals surface area contributed by atoms with Crippen LogP contribution in [0.15, 0.2) is 0 Å². The molecular formula is C6H12O3. The molecule has 54 valence electrons. The molecule has 0 aromatic heterocycles. The van der Waals surface area contributed by atoms with E-state index in [0.29, 0.717) is 6.29 Å². The fourth-order valence-electron chi connectivity index (χ4n) is 0.483. The van der Waals surface area contributed by atoms with Gasteiger partial charge in [0.2, 0.25) is 0 Å². The van der Waals surface area contributed by atoms with E-state index in [4.69, 9.17) is 9.84 Å².